The summed E-state index contributed by atoms with van der Waals surface area (Å²) in [6.07, 6.45) is 4.82. The number of carbonyl (C=O) groups is 1. The molecule has 0 unspecified atom stereocenters. The maximum absolute atomic E-state index is 12.5. The molecule has 0 saturated carbocycles. The number of fused-ring (bicyclic) bond motifs is 1. The Morgan fingerprint density at radius 2 is 1.93 bits per heavy atom. The highest BCUT2D eigenvalue weighted by Crippen LogP contribution is 2.27. The minimum absolute atomic E-state index is 0.261. The number of aromatic nitrogens is 5. The summed E-state index contributed by atoms with van der Waals surface area (Å²) in [6, 6.07) is 11.0. The van der Waals surface area contributed by atoms with Crippen LogP contribution >= 0.6 is 0 Å². The molecule has 0 fully saturated rings. The van der Waals surface area contributed by atoms with Crippen molar-refractivity contribution in [3.05, 3.63) is 60.6 Å². The molecule has 1 aromatic carbocycles. The third-order valence-electron chi connectivity index (χ3n) is 4.14. The Labute approximate surface area is 160 Å². The van der Waals surface area contributed by atoms with Gasteiger partial charge in [0.2, 0.25) is 0 Å². The van der Waals surface area contributed by atoms with Crippen LogP contribution in [0.2, 0.25) is 0 Å². The number of hydrogen-bond acceptors (Lipinski definition) is 7. The second kappa shape index (κ2) is 7.43. The molecule has 3 aromatic heterocycles. The largest absolute Gasteiger partial charge is 0.497 e. The summed E-state index contributed by atoms with van der Waals surface area (Å²) in [5.41, 5.74) is 2.38. The maximum Gasteiger partial charge on any atom is 0.341 e. The van der Waals surface area contributed by atoms with Gasteiger partial charge in [-0.1, -0.05) is 0 Å². The number of benzene rings is 1. The molecule has 0 aliphatic rings. The van der Waals surface area contributed by atoms with Crippen LogP contribution in [-0.4, -0.2) is 44.3 Å². The second-order valence-electron chi connectivity index (χ2n) is 5.86. The molecule has 0 aliphatic carbocycles. The van der Waals surface area contributed by atoms with Crippen molar-refractivity contribution in [2.45, 2.75) is 6.92 Å². The van der Waals surface area contributed by atoms with E-state index in [9.17, 15) is 4.79 Å². The summed E-state index contributed by atoms with van der Waals surface area (Å²) < 4.78 is 12.0. The molecule has 4 rings (SSSR count). The molecule has 0 atom stereocenters. The van der Waals surface area contributed by atoms with Gasteiger partial charge < -0.3 is 9.47 Å². The van der Waals surface area contributed by atoms with Crippen molar-refractivity contribution in [1.29, 1.82) is 0 Å². The highest BCUT2D eigenvalue weighted by atomic mass is 16.5. The van der Waals surface area contributed by atoms with Crippen LogP contribution in [0.4, 0.5) is 0 Å². The molecule has 140 valence electrons. The van der Waals surface area contributed by atoms with Crippen molar-refractivity contribution in [2.75, 3.05) is 13.7 Å². The minimum Gasteiger partial charge on any atom is -0.497 e. The van der Waals surface area contributed by atoms with Crippen LogP contribution in [0, 0.1) is 0 Å². The number of pyridine rings is 1. The van der Waals surface area contributed by atoms with Gasteiger partial charge in [-0.15, -0.1) is 5.10 Å². The molecular formula is C20H17N5O3. The van der Waals surface area contributed by atoms with E-state index in [1.165, 1.54) is 6.20 Å². The van der Waals surface area contributed by atoms with E-state index in [-0.39, 0.29) is 6.61 Å². The van der Waals surface area contributed by atoms with E-state index in [4.69, 9.17) is 9.47 Å². The first-order valence-corrected chi connectivity index (χ1v) is 8.69. The van der Waals surface area contributed by atoms with Crippen LogP contribution in [0.1, 0.15) is 17.3 Å². The van der Waals surface area contributed by atoms with E-state index in [1.54, 1.807) is 30.9 Å². The molecule has 0 radical (unpaired) electrons. The topological polar surface area (TPSA) is 91.5 Å². The van der Waals surface area contributed by atoms with Gasteiger partial charge in [0.05, 0.1) is 19.4 Å². The van der Waals surface area contributed by atoms with E-state index < -0.39 is 5.97 Å². The Morgan fingerprint density at radius 1 is 1.11 bits per heavy atom. The molecule has 8 nitrogen and oxygen atoms in total. The van der Waals surface area contributed by atoms with Crippen LogP contribution in [0.15, 0.2) is 55.0 Å². The Kier molecular flexibility index (Phi) is 4.67. The fraction of sp³-hybridized carbons (Fsp3) is 0.150. The number of methoxy groups -OCH3 is 1. The van der Waals surface area contributed by atoms with Gasteiger partial charge in [0.25, 0.3) is 5.78 Å². The standard InChI is InChI=1S/C20H17N5O3/c1-3-28-19(26)16-12-22-20-23-18(14-5-4-10-21-11-14)24-25(20)17(16)13-6-8-15(27-2)9-7-13/h4-12H,3H2,1-2H3. The summed E-state index contributed by atoms with van der Waals surface area (Å²) in [7, 11) is 1.60. The Hall–Kier alpha value is -3.81. The molecule has 0 bridgehead atoms. The van der Waals surface area contributed by atoms with Gasteiger partial charge in [-0.25, -0.2) is 9.78 Å². The predicted molar refractivity (Wildman–Crippen MR) is 102 cm³/mol. The minimum atomic E-state index is -0.471. The lowest BCUT2D eigenvalue weighted by molar-refractivity contribution is 0.0526. The SMILES string of the molecule is CCOC(=O)c1cnc2nc(-c3cccnc3)nn2c1-c1ccc(OC)cc1. The fourth-order valence-corrected chi connectivity index (χ4v) is 2.84. The first-order valence-electron chi connectivity index (χ1n) is 8.69. The first-order chi connectivity index (χ1) is 13.7. The third kappa shape index (κ3) is 3.16. The first kappa shape index (κ1) is 17.6. The van der Waals surface area contributed by atoms with Gasteiger partial charge in [0, 0.05) is 29.7 Å². The Balaban J connectivity index is 1.94. The smallest absolute Gasteiger partial charge is 0.341 e. The highest BCUT2D eigenvalue weighted by Gasteiger charge is 2.21. The molecule has 0 aliphatic heterocycles. The van der Waals surface area contributed by atoms with Crippen LogP contribution in [-0.2, 0) is 4.74 Å². The number of hydrogen-bond donors (Lipinski definition) is 0. The van der Waals surface area contributed by atoms with Crippen molar-refractivity contribution in [3.8, 4) is 28.4 Å². The molecule has 3 heterocycles. The molecule has 0 saturated heterocycles. The molecular weight excluding hydrogens is 358 g/mol. The Bertz CT molecular complexity index is 1120. The van der Waals surface area contributed by atoms with Gasteiger partial charge >= 0.3 is 5.97 Å². The molecule has 0 N–H and O–H groups in total. The van der Waals surface area contributed by atoms with Crippen molar-refractivity contribution in [3.63, 3.8) is 0 Å². The number of rotatable bonds is 5. The van der Waals surface area contributed by atoms with Crippen LogP contribution < -0.4 is 4.74 Å². The lowest BCUT2D eigenvalue weighted by atomic mass is 10.1. The lowest BCUT2D eigenvalue weighted by Gasteiger charge is -2.10. The predicted octanol–water partition coefficient (Wildman–Crippen LogP) is 3.04. The van der Waals surface area contributed by atoms with Crippen LogP contribution in [0.5, 0.6) is 5.75 Å². The molecule has 28 heavy (non-hydrogen) atoms. The average molecular weight is 375 g/mol. The summed E-state index contributed by atoms with van der Waals surface area (Å²) in [6.45, 7) is 2.02. The molecule has 0 amide bonds. The number of ether oxygens (including phenoxy) is 2. The van der Waals surface area contributed by atoms with E-state index in [0.717, 1.165) is 11.1 Å². The monoisotopic (exact) mass is 375 g/mol. The van der Waals surface area contributed by atoms with Gasteiger partial charge in [0.15, 0.2) is 5.82 Å². The van der Waals surface area contributed by atoms with Gasteiger partial charge in [-0.05, 0) is 43.3 Å². The van der Waals surface area contributed by atoms with Crippen molar-refractivity contribution in [2.24, 2.45) is 0 Å². The van der Waals surface area contributed by atoms with E-state index in [0.29, 0.717) is 28.6 Å². The van der Waals surface area contributed by atoms with Crippen molar-refractivity contribution < 1.29 is 14.3 Å². The van der Waals surface area contributed by atoms with Crippen molar-refractivity contribution >= 4 is 11.7 Å². The zero-order valence-corrected chi connectivity index (χ0v) is 15.4. The van der Waals surface area contributed by atoms with Gasteiger partial charge in [-0.2, -0.15) is 9.50 Å². The van der Waals surface area contributed by atoms with Crippen molar-refractivity contribution in [1.82, 2.24) is 24.6 Å². The summed E-state index contributed by atoms with van der Waals surface area (Å²) in [5, 5.41) is 4.57. The number of carbonyl (C=O) groups excluding carboxylic acids is 1. The average Bonchev–Trinajstić information content (AvgIpc) is 3.18. The van der Waals surface area contributed by atoms with E-state index in [1.807, 2.05) is 36.4 Å². The summed E-state index contributed by atoms with van der Waals surface area (Å²) in [5.74, 6) is 1.08. The third-order valence-corrected chi connectivity index (χ3v) is 4.14. The fourth-order valence-electron chi connectivity index (χ4n) is 2.84. The summed E-state index contributed by atoms with van der Waals surface area (Å²) >= 11 is 0. The lowest BCUT2D eigenvalue weighted by Crippen LogP contribution is -2.11. The number of nitrogens with zero attached hydrogens (tertiary/aromatic N) is 5. The van der Waals surface area contributed by atoms with E-state index >= 15 is 0 Å². The molecule has 4 aromatic rings. The normalized spacial score (nSPS) is 10.8. The zero-order valence-electron chi connectivity index (χ0n) is 15.4. The van der Waals surface area contributed by atoms with E-state index in [2.05, 4.69) is 20.1 Å². The van der Waals surface area contributed by atoms with Gasteiger partial charge in [-0.3, -0.25) is 4.98 Å². The quantitative estimate of drug-likeness (QED) is 0.495. The van der Waals surface area contributed by atoms with Gasteiger partial charge in [0.1, 0.15) is 11.3 Å². The summed E-state index contributed by atoms with van der Waals surface area (Å²) in [4.78, 5) is 25.4. The number of esters is 1. The zero-order chi connectivity index (χ0) is 19.5. The van der Waals surface area contributed by atoms with Crippen LogP contribution in [0.3, 0.4) is 0 Å². The molecule has 0 spiro atoms. The maximum atomic E-state index is 12.5. The molecule has 8 heteroatoms. The highest BCUT2D eigenvalue weighted by molar-refractivity contribution is 5.96. The Morgan fingerprint density at radius 3 is 2.61 bits per heavy atom. The van der Waals surface area contributed by atoms with Crippen LogP contribution in [0.25, 0.3) is 28.4 Å². The second-order valence-corrected chi connectivity index (χ2v) is 5.86.